The topological polar surface area (TPSA) is 118 Å². The predicted octanol–water partition coefficient (Wildman–Crippen LogP) is 2.35. The summed E-state index contributed by atoms with van der Waals surface area (Å²) in [4.78, 5) is 32.9. The quantitative estimate of drug-likeness (QED) is 0.611. The zero-order valence-electron chi connectivity index (χ0n) is 17.8. The molecule has 1 aromatic heterocycles. The molecule has 0 saturated carbocycles. The number of urea groups is 1. The van der Waals surface area contributed by atoms with Crippen LogP contribution < -0.4 is 11.1 Å². The first-order valence-electron chi connectivity index (χ1n) is 10.6. The minimum Gasteiger partial charge on any atom is -0.351 e. The summed E-state index contributed by atoms with van der Waals surface area (Å²) in [7, 11) is 0. The molecule has 3 N–H and O–H groups in total. The Kier molecular flexibility index (Phi) is 6.58. The maximum absolute atomic E-state index is 12.7. The van der Waals surface area contributed by atoms with E-state index in [-0.39, 0.29) is 6.04 Å². The number of carbonyl (C=O) groups is 2. The Labute approximate surface area is 186 Å². The van der Waals surface area contributed by atoms with Crippen molar-refractivity contribution in [1.82, 2.24) is 25.3 Å². The minimum atomic E-state index is -0.853. The monoisotopic (exact) mass is 434 g/mol. The van der Waals surface area contributed by atoms with Gasteiger partial charge in [-0.3, -0.25) is 19.9 Å². The van der Waals surface area contributed by atoms with E-state index >= 15 is 0 Å². The maximum Gasteiger partial charge on any atom is 0.318 e. The predicted molar refractivity (Wildman–Crippen MR) is 118 cm³/mol. The van der Waals surface area contributed by atoms with Gasteiger partial charge in [0.2, 0.25) is 17.6 Å². The van der Waals surface area contributed by atoms with Crippen LogP contribution in [0.3, 0.4) is 0 Å². The van der Waals surface area contributed by atoms with E-state index in [9.17, 15) is 9.59 Å². The number of amides is 3. The van der Waals surface area contributed by atoms with E-state index in [0.29, 0.717) is 37.9 Å². The number of piperazine rings is 1. The highest BCUT2D eigenvalue weighted by atomic mass is 16.5. The summed E-state index contributed by atoms with van der Waals surface area (Å²) in [5.41, 5.74) is 6.91. The van der Waals surface area contributed by atoms with Crippen LogP contribution in [0.4, 0.5) is 4.79 Å². The lowest BCUT2D eigenvalue weighted by molar-refractivity contribution is -0.126. The van der Waals surface area contributed by atoms with Crippen molar-refractivity contribution in [3.8, 4) is 11.4 Å². The summed E-state index contributed by atoms with van der Waals surface area (Å²) in [6, 6.07) is 17.6. The van der Waals surface area contributed by atoms with Gasteiger partial charge in [-0.25, -0.2) is 4.79 Å². The van der Waals surface area contributed by atoms with Gasteiger partial charge in [-0.15, -0.1) is 0 Å². The third-order valence-corrected chi connectivity index (χ3v) is 5.70. The average molecular weight is 435 g/mol. The molecule has 166 valence electrons. The highest BCUT2D eigenvalue weighted by molar-refractivity contribution is 5.96. The Balaban J connectivity index is 1.43. The maximum atomic E-state index is 12.7. The lowest BCUT2D eigenvalue weighted by atomic mass is 10.0. The molecule has 4 rings (SSSR count). The van der Waals surface area contributed by atoms with Crippen LogP contribution in [-0.2, 0) is 4.79 Å². The second-order valence-electron chi connectivity index (χ2n) is 7.74. The number of primary amides is 1. The van der Waals surface area contributed by atoms with Gasteiger partial charge in [0.1, 0.15) is 6.04 Å². The molecule has 9 nitrogen and oxygen atoms in total. The van der Waals surface area contributed by atoms with Crippen molar-refractivity contribution in [3.05, 3.63) is 72.1 Å². The van der Waals surface area contributed by atoms with Crippen molar-refractivity contribution in [3.63, 3.8) is 0 Å². The van der Waals surface area contributed by atoms with Crippen LogP contribution in [0.5, 0.6) is 0 Å². The smallest absolute Gasteiger partial charge is 0.318 e. The summed E-state index contributed by atoms with van der Waals surface area (Å²) < 4.78 is 5.53. The SMILES string of the molecule is CC(c1nc(-c2ccccc2)no1)N1CCN(C(C(=O)NC(N)=O)c2ccccc2)CC1. The van der Waals surface area contributed by atoms with Gasteiger partial charge < -0.3 is 10.3 Å². The van der Waals surface area contributed by atoms with Crippen LogP contribution >= 0.6 is 0 Å². The van der Waals surface area contributed by atoms with Crippen molar-refractivity contribution in [2.45, 2.75) is 19.0 Å². The number of imide groups is 1. The standard InChI is InChI=1S/C23H26N6O3/c1-16(22-25-20(27-32-22)18-10-6-3-7-11-18)28-12-14-29(15-13-28)19(21(30)26-23(24)31)17-8-4-2-5-9-17/h2-11,16,19H,12-15H2,1H3,(H3,24,26,30,31). The van der Waals surface area contributed by atoms with Crippen molar-refractivity contribution >= 4 is 11.9 Å². The van der Waals surface area contributed by atoms with Crippen LogP contribution in [0.1, 0.15) is 30.5 Å². The van der Waals surface area contributed by atoms with Gasteiger partial charge in [0, 0.05) is 31.7 Å². The number of nitrogens with one attached hydrogen (secondary N) is 1. The molecular formula is C23H26N6O3. The molecule has 1 fully saturated rings. The van der Waals surface area contributed by atoms with E-state index in [4.69, 9.17) is 10.3 Å². The van der Waals surface area contributed by atoms with Crippen molar-refractivity contribution in [2.75, 3.05) is 26.2 Å². The molecule has 32 heavy (non-hydrogen) atoms. The number of benzene rings is 2. The normalized spacial score (nSPS) is 16.9. The number of hydrogen-bond acceptors (Lipinski definition) is 7. The first-order valence-corrected chi connectivity index (χ1v) is 10.6. The first kappa shape index (κ1) is 21.7. The Bertz CT molecular complexity index is 1050. The van der Waals surface area contributed by atoms with E-state index in [1.165, 1.54) is 0 Å². The van der Waals surface area contributed by atoms with Gasteiger partial charge in [0.15, 0.2) is 0 Å². The van der Waals surface area contributed by atoms with E-state index in [1.807, 2.05) is 67.6 Å². The third-order valence-electron chi connectivity index (χ3n) is 5.70. The Morgan fingerprint density at radius 2 is 1.56 bits per heavy atom. The molecule has 0 radical (unpaired) electrons. The van der Waals surface area contributed by atoms with Gasteiger partial charge in [-0.05, 0) is 12.5 Å². The fourth-order valence-electron chi connectivity index (χ4n) is 4.00. The van der Waals surface area contributed by atoms with Crippen molar-refractivity contribution in [2.24, 2.45) is 5.73 Å². The number of nitrogens with two attached hydrogens (primary N) is 1. The van der Waals surface area contributed by atoms with Gasteiger partial charge in [-0.1, -0.05) is 65.8 Å². The fraction of sp³-hybridized carbons (Fsp3) is 0.304. The molecule has 2 aromatic carbocycles. The molecule has 2 unspecified atom stereocenters. The van der Waals surface area contributed by atoms with E-state index in [0.717, 1.165) is 11.1 Å². The second kappa shape index (κ2) is 9.71. The van der Waals surface area contributed by atoms with Gasteiger partial charge >= 0.3 is 6.03 Å². The summed E-state index contributed by atoms with van der Waals surface area (Å²) >= 11 is 0. The Morgan fingerprint density at radius 3 is 2.19 bits per heavy atom. The molecule has 0 aliphatic carbocycles. The molecule has 1 aliphatic heterocycles. The number of aromatic nitrogens is 2. The van der Waals surface area contributed by atoms with E-state index in [2.05, 4.69) is 25.3 Å². The lowest BCUT2D eigenvalue weighted by Crippen LogP contribution is -2.52. The molecule has 2 atom stereocenters. The van der Waals surface area contributed by atoms with E-state index in [1.54, 1.807) is 0 Å². The number of rotatable bonds is 6. The number of carbonyl (C=O) groups excluding carboxylic acids is 2. The number of nitrogens with zero attached hydrogens (tertiary/aromatic N) is 4. The molecule has 0 bridgehead atoms. The summed E-state index contributed by atoms with van der Waals surface area (Å²) in [6.45, 7) is 4.72. The van der Waals surface area contributed by atoms with Crippen LogP contribution in [0, 0.1) is 0 Å². The molecular weight excluding hydrogens is 408 g/mol. The molecule has 2 heterocycles. The van der Waals surface area contributed by atoms with Gasteiger partial charge in [-0.2, -0.15) is 4.98 Å². The fourth-order valence-corrected chi connectivity index (χ4v) is 4.00. The molecule has 3 aromatic rings. The molecule has 1 aliphatic rings. The molecule has 0 spiro atoms. The summed E-state index contributed by atoms with van der Waals surface area (Å²) in [5, 5.41) is 6.34. The summed E-state index contributed by atoms with van der Waals surface area (Å²) in [6.07, 6.45) is 0. The van der Waals surface area contributed by atoms with Crippen LogP contribution in [0.15, 0.2) is 65.2 Å². The average Bonchev–Trinajstić information content (AvgIpc) is 3.30. The minimum absolute atomic E-state index is 0.0586. The molecule has 3 amide bonds. The number of hydrogen-bond donors (Lipinski definition) is 2. The van der Waals surface area contributed by atoms with Crippen LogP contribution in [0.25, 0.3) is 11.4 Å². The third kappa shape index (κ3) is 4.84. The Hall–Kier alpha value is -3.56. The van der Waals surface area contributed by atoms with Crippen molar-refractivity contribution < 1.29 is 14.1 Å². The zero-order chi connectivity index (χ0) is 22.5. The van der Waals surface area contributed by atoms with Crippen molar-refractivity contribution in [1.29, 1.82) is 0 Å². The second-order valence-corrected chi connectivity index (χ2v) is 7.74. The largest absolute Gasteiger partial charge is 0.351 e. The van der Waals surface area contributed by atoms with Gasteiger partial charge in [0.05, 0.1) is 6.04 Å². The Morgan fingerprint density at radius 1 is 0.969 bits per heavy atom. The summed E-state index contributed by atoms with van der Waals surface area (Å²) in [5.74, 6) is 0.705. The lowest BCUT2D eigenvalue weighted by Gasteiger charge is -2.40. The molecule has 9 heteroatoms. The molecule has 1 saturated heterocycles. The highest BCUT2D eigenvalue weighted by Gasteiger charge is 2.33. The van der Waals surface area contributed by atoms with E-state index < -0.39 is 18.0 Å². The van der Waals surface area contributed by atoms with Crippen LogP contribution in [-0.4, -0.2) is 58.1 Å². The zero-order valence-corrected chi connectivity index (χ0v) is 17.8. The van der Waals surface area contributed by atoms with Crippen LogP contribution in [0.2, 0.25) is 0 Å². The first-order chi connectivity index (χ1) is 15.5. The highest BCUT2D eigenvalue weighted by Crippen LogP contribution is 2.27. The van der Waals surface area contributed by atoms with Gasteiger partial charge in [0.25, 0.3) is 0 Å².